The third-order valence-electron chi connectivity index (χ3n) is 1.62. The third-order valence-corrected chi connectivity index (χ3v) is 2.02. The molecule has 0 saturated heterocycles. The Morgan fingerprint density at radius 3 is 2.92 bits per heavy atom. The largest absolute Gasteiger partial charge is 0.397 e. The predicted molar refractivity (Wildman–Crippen MR) is 47.9 cm³/mol. The number of nitrogens with zero attached hydrogens (tertiary/aromatic N) is 3. The van der Waals surface area contributed by atoms with E-state index in [0.717, 1.165) is 5.52 Å². The van der Waals surface area contributed by atoms with Gasteiger partial charge in [-0.3, -0.25) is 0 Å². The molecule has 62 valence electrons. The molecule has 4 nitrogen and oxygen atoms in total. The summed E-state index contributed by atoms with van der Waals surface area (Å²) in [5.41, 5.74) is 7.53. The summed E-state index contributed by atoms with van der Waals surface area (Å²) in [6, 6.07) is 3.52. The first-order valence-electron chi connectivity index (χ1n) is 3.43. The molecule has 5 heteroatoms. The molecule has 1 aromatic heterocycles. The van der Waals surface area contributed by atoms with Crippen LogP contribution < -0.4 is 5.73 Å². The summed E-state index contributed by atoms with van der Waals surface area (Å²) in [4.78, 5) is 1.47. The number of halogens is 1. The van der Waals surface area contributed by atoms with Crippen LogP contribution in [-0.4, -0.2) is 15.0 Å². The highest BCUT2D eigenvalue weighted by atomic mass is 35.5. The Kier molecular flexibility index (Phi) is 1.44. The molecule has 2 rings (SSSR count). The summed E-state index contributed by atoms with van der Waals surface area (Å²) in [5.74, 6) is 0. The van der Waals surface area contributed by atoms with Crippen LogP contribution in [-0.2, 0) is 7.05 Å². The molecule has 0 bridgehead atoms. The van der Waals surface area contributed by atoms with Crippen molar-refractivity contribution in [2.45, 2.75) is 0 Å². The Hall–Kier alpha value is -1.29. The van der Waals surface area contributed by atoms with E-state index < -0.39 is 0 Å². The molecule has 0 amide bonds. The third kappa shape index (κ3) is 0.921. The number of anilines is 1. The van der Waals surface area contributed by atoms with Crippen LogP contribution in [0.25, 0.3) is 11.0 Å². The highest BCUT2D eigenvalue weighted by Gasteiger charge is 2.06. The second-order valence-electron chi connectivity index (χ2n) is 2.53. The van der Waals surface area contributed by atoms with Crippen LogP contribution in [0.15, 0.2) is 12.1 Å². The lowest BCUT2D eigenvalue weighted by molar-refractivity contribution is 0.665. The number of fused-ring (bicyclic) bond motifs is 1. The minimum Gasteiger partial charge on any atom is -0.397 e. The Morgan fingerprint density at radius 2 is 2.17 bits per heavy atom. The van der Waals surface area contributed by atoms with Crippen LogP contribution in [0.5, 0.6) is 0 Å². The summed E-state index contributed by atoms with van der Waals surface area (Å²) in [6.07, 6.45) is 0. The van der Waals surface area contributed by atoms with Gasteiger partial charge in [0.15, 0.2) is 0 Å². The van der Waals surface area contributed by atoms with Gasteiger partial charge in [-0.15, -0.1) is 0 Å². The molecular weight excluding hydrogens is 176 g/mol. The Morgan fingerprint density at radius 1 is 1.42 bits per heavy atom. The Balaban J connectivity index is 2.89. The average Bonchev–Trinajstić information content (AvgIpc) is 2.39. The van der Waals surface area contributed by atoms with Crippen molar-refractivity contribution >= 4 is 28.3 Å². The average molecular weight is 183 g/mol. The molecule has 0 aliphatic heterocycles. The normalized spacial score (nSPS) is 10.8. The van der Waals surface area contributed by atoms with Crippen molar-refractivity contribution in [2.75, 3.05) is 5.73 Å². The molecule has 1 heterocycles. The fourth-order valence-corrected chi connectivity index (χ4v) is 1.27. The molecule has 2 N–H and O–H groups in total. The second kappa shape index (κ2) is 2.35. The standard InChI is InChI=1S/C7H7ClN4/c1-12-10-5-3-2-4(9)6(8)7(5)11-12/h2-3H,9H2,1H3. The number of benzene rings is 1. The minimum atomic E-state index is 0.473. The molecule has 2 aromatic rings. The van der Waals surface area contributed by atoms with Crippen molar-refractivity contribution in [3.8, 4) is 0 Å². The van der Waals surface area contributed by atoms with Gasteiger partial charge in [0.2, 0.25) is 0 Å². The lowest BCUT2D eigenvalue weighted by Gasteiger charge is -1.94. The molecule has 0 atom stereocenters. The van der Waals surface area contributed by atoms with E-state index in [4.69, 9.17) is 17.3 Å². The molecule has 0 aliphatic carbocycles. The van der Waals surface area contributed by atoms with E-state index in [1.807, 2.05) is 0 Å². The van der Waals surface area contributed by atoms with Crippen LogP contribution in [0, 0.1) is 0 Å². The van der Waals surface area contributed by atoms with Gasteiger partial charge in [0.05, 0.1) is 10.7 Å². The molecule has 0 fully saturated rings. The van der Waals surface area contributed by atoms with E-state index in [-0.39, 0.29) is 0 Å². The number of nitrogen functional groups attached to an aromatic ring is 1. The molecular formula is C7H7ClN4. The molecule has 0 radical (unpaired) electrons. The monoisotopic (exact) mass is 182 g/mol. The number of hydrogen-bond donors (Lipinski definition) is 1. The maximum absolute atomic E-state index is 5.90. The smallest absolute Gasteiger partial charge is 0.133 e. The van der Waals surface area contributed by atoms with Crippen molar-refractivity contribution in [1.82, 2.24) is 15.0 Å². The van der Waals surface area contributed by atoms with Crippen LogP contribution in [0.2, 0.25) is 5.02 Å². The second-order valence-corrected chi connectivity index (χ2v) is 2.90. The first-order chi connectivity index (χ1) is 5.68. The van der Waals surface area contributed by atoms with Crippen molar-refractivity contribution in [2.24, 2.45) is 7.05 Å². The van der Waals surface area contributed by atoms with Gasteiger partial charge in [-0.05, 0) is 12.1 Å². The van der Waals surface area contributed by atoms with Crippen LogP contribution in [0.4, 0.5) is 5.69 Å². The van der Waals surface area contributed by atoms with Gasteiger partial charge in [0.1, 0.15) is 11.0 Å². The quantitative estimate of drug-likeness (QED) is 0.623. The molecule has 1 aromatic carbocycles. The molecule has 0 unspecified atom stereocenters. The van der Waals surface area contributed by atoms with Gasteiger partial charge >= 0.3 is 0 Å². The van der Waals surface area contributed by atoms with Gasteiger partial charge in [-0.25, -0.2) is 0 Å². The summed E-state index contributed by atoms with van der Waals surface area (Å²) in [7, 11) is 1.74. The van der Waals surface area contributed by atoms with E-state index in [2.05, 4.69) is 10.2 Å². The highest BCUT2D eigenvalue weighted by Crippen LogP contribution is 2.25. The summed E-state index contributed by atoms with van der Waals surface area (Å²) in [6.45, 7) is 0. The zero-order chi connectivity index (χ0) is 8.72. The summed E-state index contributed by atoms with van der Waals surface area (Å²) >= 11 is 5.90. The molecule has 0 spiro atoms. The minimum absolute atomic E-state index is 0.473. The molecule has 0 aliphatic rings. The van der Waals surface area contributed by atoms with Gasteiger partial charge in [-0.2, -0.15) is 15.0 Å². The first kappa shape index (κ1) is 7.36. The fraction of sp³-hybridized carbons (Fsp3) is 0.143. The lowest BCUT2D eigenvalue weighted by Crippen LogP contribution is -1.90. The SMILES string of the molecule is Cn1nc2ccc(N)c(Cl)c2n1. The zero-order valence-corrected chi connectivity index (χ0v) is 7.21. The number of aromatic nitrogens is 3. The van der Waals surface area contributed by atoms with Gasteiger partial charge in [0, 0.05) is 7.05 Å². The van der Waals surface area contributed by atoms with E-state index in [1.165, 1.54) is 4.80 Å². The lowest BCUT2D eigenvalue weighted by atomic mass is 10.3. The number of nitrogens with two attached hydrogens (primary N) is 1. The van der Waals surface area contributed by atoms with Gasteiger partial charge in [0.25, 0.3) is 0 Å². The summed E-state index contributed by atoms with van der Waals surface area (Å²) < 4.78 is 0. The maximum atomic E-state index is 5.90. The van der Waals surface area contributed by atoms with Crippen molar-refractivity contribution in [3.05, 3.63) is 17.2 Å². The zero-order valence-electron chi connectivity index (χ0n) is 6.45. The van der Waals surface area contributed by atoms with E-state index in [0.29, 0.717) is 16.2 Å². The maximum Gasteiger partial charge on any atom is 0.133 e. The molecule has 0 saturated carbocycles. The van der Waals surface area contributed by atoms with Crippen LogP contribution >= 0.6 is 11.6 Å². The van der Waals surface area contributed by atoms with E-state index >= 15 is 0 Å². The number of aryl methyl sites for hydroxylation is 1. The fourth-order valence-electron chi connectivity index (χ4n) is 1.07. The van der Waals surface area contributed by atoms with Crippen molar-refractivity contribution in [3.63, 3.8) is 0 Å². The van der Waals surface area contributed by atoms with E-state index in [1.54, 1.807) is 19.2 Å². The van der Waals surface area contributed by atoms with Crippen LogP contribution in [0.3, 0.4) is 0 Å². The Bertz CT molecular complexity index is 434. The summed E-state index contributed by atoms with van der Waals surface area (Å²) in [5, 5.41) is 8.62. The van der Waals surface area contributed by atoms with Gasteiger partial charge in [-0.1, -0.05) is 11.6 Å². The van der Waals surface area contributed by atoms with Gasteiger partial charge < -0.3 is 5.73 Å². The van der Waals surface area contributed by atoms with E-state index in [9.17, 15) is 0 Å². The first-order valence-corrected chi connectivity index (χ1v) is 3.81. The highest BCUT2D eigenvalue weighted by molar-refractivity contribution is 6.37. The number of hydrogen-bond acceptors (Lipinski definition) is 3. The molecule has 12 heavy (non-hydrogen) atoms. The van der Waals surface area contributed by atoms with Crippen LogP contribution in [0.1, 0.15) is 0 Å². The van der Waals surface area contributed by atoms with Crippen molar-refractivity contribution < 1.29 is 0 Å². The van der Waals surface area contributed by atoms with Crippen molar-refractivity contribution in [1.29, 1.82) is 0 Å². The number of rotatable bonds is 0. The topological polar surface area (TPSA) is 56.7 Å². The Labute approximate surface area is 73.9 Å². The predicted octanol–water partition coefficient (Wildman–Crippen LogP) is 1.20.